The van der Waals surface area contributed by atoms with Gasteiger partial charge in [-0.1, -0.05) is 32.1 Å². The van der Waals surface area contributed by atoms with Gasteiger partial charge in [0.25, 0.3) is 0 Å². The molecular weight excluding hydrogens is 184 g/mol. The second-order valence-electron chi connectivity index (χ2n) is 5.27. The van der Waals surface area contributed by atoms with Crippen LogP contribution in [0.5, 0.6) is 0 Å². The van der Waals surface area contributed by atoms with E-state index >= 15 is 0 Å². The lowest BCUT2D eigenvalue weighted by molar-refractivity contribution is -0.121. The van der Waals surface area contributed by atoms with Crippen molar-refractivity contribution < 1.29 is 4.79 Å². The summed E-state index contributed by atoms with van der Waals surface area (Å²) in [6, 6.07) is 0. The predicted octanol–water partition coefficient (Wildman–Crippen LogP) is 3.90. The number of hydrogen-bond donors (Lipinski definition) is 0. The van der Waals surface area contributed by atoms with Gasteiger partial charge < -0.3 is 0 Å². The first kappa shape index (κ1) is 12.2. The molecule has 1 rings (SSSR count). The monoisotopic (exact) mass is 206 g/mol. The Morgan fingerprint density at radius 3 is 2.60 bits per heavy atom. The summed E-state index contributed by atoms with van der Waals surface area (Å²) in [6.07, 6.45) is 5.21. The lowest BCUT2D eigenvalue weighted by atomic mass is 9.64. The molecule has 0 radical (unpaired) electrons. The topological polar surface area (TPSA) is 17.1 Å². The van der Waals surface area contributed by atoms with Gasteiger partial charge in [0.1, 0.15) is 0 Å². The SMILES string of the molecule is C=C1CCCC(C)(C)[C@@H]1C(=O)/C(C)=C/C. The van der Waals surface area contributed by atoms with E-state index in [0.29, 0.717) is 0 Å². The molecule has 1 atom stereocenters. The van der Waals surface area contributed by atoms with Crippen LogP contribution in [0.3, 0.4) is 0 Å². The summed E-state index contributed by atoms with van der Waals surface area (Å²) in [5.74, 6) is 0.301. The number of carbonyl (C=O) groups excluding carboxylic acids is 1. The summed E-state index contributed by atoms with van der Waals surface area (Å²) >= 11 is 0. The molecule has 1 fully saturated rings. The van der Waals surface area contributed by atoms with Crippen molar-refractivity contribution in [3.05, 3.63) is 23.8 Å². The molecule has 0 amide bonds. The molecule has 0 heterocycles. The Balaban J connectivity index is 2.99. The van der Waals surface area contributed by atoms with E-state index in [0.717, 1.165) is 24.0 Å². The van der Waals surface area contributed by atoms with Gasteiger partial charge in [0.05, 0.1) is 0 Å². The molecule has 0 aromatic carbocycles. The largest absolute Gasteiger partial charge is 0.294 e. The fourth-order valence-corrected chi connectivity index (χ4v) is 2.52. The molecule has 1 heteroatoms. The summed E-state index contributed by atoms with van der Waals surface area (Å²) in [6.45, 7) is 12.3. The highest BCUT2D eigenvalue weighted by Gasteiger charge is 2.39. The highest BCUT2D eigenvalue weighted by Crippen LogP contribution is 2.44. The number of rotatable bonds is 2. The van der Waals surface area contributed by atoms with Crippen molar-refractivity contribution >= 4 is 5.78 Å². The van der Waals surface area contributed by atoms with Crippen LogP contribution in [0.25, 0.3) is 0 Å². The smallest absolute Gasteiger partial charge is 0.165 e. The van der Waals surface area contributed by atoms with Crippen LogP contribution in [0.15, 0.2) is 23.8 Å². The zero-order chi connectivity index (χ0) is 11.6. The van der Waals surface area contributed by atoms with E-state index in [9.17, 15) is 4.79 Å². The van der Waals surface area contributed by atoms with Crippen molar-refractivity contribution in [3.8, 4) is 0 Å². The zero-order valence-corrected chi connectivity index (χ0v) is 10.4. The third kappa shape index (κ3) is 2.39. The molecule has 0 aromatic heterocycles. The first-order chi connectivity index (χ1) is 6.90. The Morgan fingerprint density at radius 1 is 1.53 bits per heavy atom. The van der Waals surface area contributed by atoms with E-state index in [2.05, 4.69) is 20.4 Å². The van der Waals surface area contributed by atoms with Crippen molar-refractivity contribution in [2.45, 2.75) is 47.0 Å². The molecule has 84 valence electrons. The summed E-state index contributed by atoms with van der Waals surface area (Å²) in [5, 5.41) is 0. The molecule has 0 N–H and O–H groups in total. The second-order valence-corrected chi connectivity index (χ2v) is 5.27. The van der Waals surface area contributed by atoms with E-state index in [-0.39, 0.29) is 17.1 Å². The molecule has 0 aliphatic heterocycles. The maximum absolute atomic E-state index is 12.2. The van der Waals surface area contributed by atoms with Gasteiger partial charge in [-0.05, 0) is 44.1 Å². The number of allylic oxidation sites excluding steroid dienone is 3. The maximum Gasteiger partial charge on any atom is 0.165 e. The Hall–Kier alpha value is -0.850. The third-order valence-corrected chi connectivity index (χ3v) is 3.59. The number of carbonyl (C=O) groups is 1. The van der Waals surface area contributed by atoms with Crippen LogP contribution in [0.2, 0.25) is 0 Å². The minimum absolute atomic E-state index is 0.0300. The molecule has 0 unspecified atom stereocenters. The van der Waals surface area contributed by atoms with Gasteiger partial charge in [-0.2, -0.15) is 0 Å². The molecule has 0 spiro atoms. The van der Waals surface area contributed by atoms with Crippen molar-refractivity contribution in [2.24, 2.45) is 11.3 Å². The van der Waals surface area contributed by atoms with Gasteiger partial charge in [0.15, 0.2) is 5.78 Å². The van der Waals surface area contributed by atoms with Crippen LogP contribution >= 0.6 is 0 Å². The van der Waals surface area contributed by atoms with Gasteiger partial charge in [-0.3, -0.25) is 4.79 Å². The average Bonchev–Trinajstić information content (AvgIpc) is 2.14. The van der Waals surface area contributed by atoms with Gasteiger partial charge in [-0.25, -0.2) is 0 Å². The second kappa shape index (κ2) is 4.34. The van der Waals surface area contributed by atoms with Crippen LogP contribution in [0, 0.1) is 11.3 Å². The van der Waals surface area contributed by atoms with Gasteiger partial charge in [0.2, 0.25) is 0 Å². The minimum Gasteiger partial charge on any atom is -0.294 e. The van der Waals surface area contributed by atoms with Crippen LogP contribution < -0.4 is 0 Å². The normalized spacial score (nSPS) is 26.5. The first-order valence-electron chi connectivity index (χ1n) is 5.75. The highest BCUT2D eigenvalue weighted by atomic mass is 16.1. The molecular formula is C14H22O. The van der Waals surface area contributed by atoms with E-state index in [1.165, 1.54) is 6.42 Å². The lowest BCUT2D eigenvalue weighted by Crippen LogP contribution is -2.35. The van der Waals surface area contributed by atoms with E-state index in [4.69, 9.17) is 0 Å². The number of hydrogen-bond acceptors (Lipinski definition) is 1. The van der Waals surface area contributed by atoms with Crippen LogP contribution in [0.1, 0.15) is 47.0 Å². The molecule has 0 bridgehead atoms. The first-order valence-corrected chi connectivity index (χ1v) is 5.75. The molecule has 1 aliphatic carbocycles. The van der Waals surface area contributed by atoms with Gasteiger partial charge >= 0.3 is 0 Å². The van der Waals surface area contributed by atoms with Crippen molar-refractivity contribution in [3.63, 3.8) is 0 Å². The number of ketones is 1. The van der Waals surface area contributed by atoms with Gasteiger partial charge in [0, 0.05) is 5.92 Å². The average molecular weight is 206 g/mol. The summed E-state index contributed by atoms with van der Waals surface area (Å²) in [7, 11) is 0. The summed E-state index contributed by atoms with van der Waals surface area (Å²) < 4.78 is 0. The van der Waals surface area contributed by atoms with E-state index in [1.807, 2.05) is 19.9 Å². The van der Waals surface area contributed by atoms with Crippen LogP contribution in [-0.4, -0.2) is 5.78 Å². The Labute approximate surface area is 93.3 Å². The molecule has 15 heavy (non-hydrogen) atoms. The third-order valence-electron chi connectivity index (χ3n) is 3.59. The Bertz CT molecular complexity index is 307. The summed E-state index contributed by atoms with van der Waals surface area (Å²) in [4.78, 5) is 12.2. The summed E-state index contributed by atoms with van der Waals surface area (Å²) in [5.41, 5.74) is 2.07. The van der Waals surface area contributed by atoms with Crippen molar-refractivity contribution in [1.82, 2.24) is 0 Å². The molecule has 1 saturated carbocycles. The van der Waals surface area contributed by atoms with Crippen molar-refractivity contribution in [2.75, 3.05) is 0 Å². The molecule has 0 saturated heterocycles. The maximum atomic E-state index is 12.2. The fraction of sp³-hybridized carbons (Fsp3) is 0.643. The van der Waals surface area contributed by atoms with Crippen LogP contribution in [0.4, 0.5) is 0 Å². The van der Waals surface area contributed by atoms with E-state index in [1.54, 1.807) is 0 Å². The van der Waals surface area contributed by atoms with Crippen LogP contribution in [-0.2, 0) is 4.79 Å². The number of Topliss-reactive ketones (excluding diaryl/α,β-unsaturated/α-hetero) is 1. The molecule has 0 aromatic rings. The molecule has 1 aliphatic rings. The Morgan fingerprint density at radius 2 is 2.13 bits per heavy atom. The highest BCUT2D eigenvalue weighted by molar-refractivity contribution is 5.98. The lowest BCUT2D eigenvalue weighted by Gasteiger charge is -2.39. The quantitative estimate of drug-likeness (QED) is 0.494. The predicted molar refractivity (Wildman–Crippen MR) is 64.7 cm³/mol. The molecule has 1 nitrogen and oxygen atoms in total. The van der Waals surface area contributed by atoms with Gasteiger partial charge in [-0.15, -0.1) is 0 Å². The minimum atomic E-state index is 0.0300. The van der Waals surface area contributed by atoms with E-state index < -0.39 is 0 Å². The zero-order valence-electron chi connectivity index (χ0n) is 10.4. The standard InChI is InChI=1S/C14H22O/c1-6-10(2)13(15)12-11(3)8-7-9-14(12,4)5/h6,12H,3,7-9H2,1-2,4-5H3/b10-6+/t12-/m0/s1. The fourth-order valence-electron chi connectivity index (χ4n) is 2.52. The Kier molecular flexibility index (Phi) is 3.54. The van der Waals surface area contributed by atoms with Crippen molar-refractivity contribution in [1.29, 1.82) is 0 Å².